The lowest BCUT2D eigenvalue weighted by atomic mass is 9.76. The van der Waals surface area contributed by atoms with Gasteiger partial charge in [0.25, 0.3) is 0 Å². The topological polar surface area (TPSA) is 64.3 Å². The third kappa shape index (κ3) is 2.05. The number of piperidine rings is 1. The fraction of sp³-hybridized carbons (Fsp3) is 0.800. The van der Waals surface area contributed by atoms with Crippen LogP contribution in [0.2, 0.25) is 0 Å². The Kier molecular flexibility index (Phi) is 3.12. The van der Waals surface area contributed by atoms with Crippen molar-refractivity contribution in [3.8, 4) is 6.07 Å². The van der Waals surface area contributed by atoms with E-state index in [1.54, 1.807) is 4.90 Å². The van der Waals surface area contributed by atoms with Gasteiger partial charge in [0.2, 0.25) is 0 Å². The molecule has 1 atom stereocenters. The largest absolute Gasteiger partial charge is 0.480 e. The summed E-state index contributed by atoms with van der Waals surface area (Å²) < 4.78 is 0. The number of carboxylic acid groups (broad SMARTS) is 1. The molecule has 1 fully saturated rings. The Bertz CT molecular complexity index is 268. The third-order valence-electron chi connectivity index (χ3n) is 2.88. The summed E-state index contributed by atoms with van der Waals surface area (Å²) in [5, 5.41) is 17.7. The van der Waals surface area contributed by atoms with Crippen LogP contribution < -0.4 is 0 Å². The summed E-state index contributed by atoms with van der Waals surface area (Å²) in [7, 11) is 0. The molecule has 0 spiro atoms. The van der Waals surface area contributed by atoms with Crippen molar-refractivity contribution >= 4 is 5.97 Å². The monoisotopic (exact) mass is 196 g/mol. The van der Waals surface area contributed by atoms with Crippen molar-refractivity contribution in [2.75, 3.05) is 13.1 Å². The van der Waals surface area contributed by atoms with E-state index < -0.39 is 12.0 Å². The lowest BCUT2D eigenvalue weighted by molar-refractivity contribution is -0.150. The molecule has 1 unspecified atom stereocenters. The zero-order chi connectivity index (χ0) is 10.8. The molecule has 0 bridgehead atoms. The molecule has 78 valence electrons. The molecule has 1 heterocycles. The van der Waals surface area contributed by atoms with E-state index in [0.29, 0.717) is 6.54 Å². The molecule has 0 amide bonds. The maximum Gasteiger partial charge on any atom is 0.321 e. The average molecular weight is 196 g/mol. The first-order chi connectivity index (χ1) is 6.49. The summed E-state index contributed by atoms with van der Waals surface area (Å²) in [6.07, 6.45) is 1.88. The average Bonchev–Trinajstić information content (AvgIpc) is 2.01. The quantitative estimate of drug-likeness (QED) is 0.671. The van der Waals surface area contributed by atoms with Gasteiger partial charge < -0.3 is 5.11 Å². The smallest absolute Gasteiger partial charge is 0.321 e. The van der Waals surface area contributed by atoms with Crippen LogP contribution in [0.4, 0.5) is 0 Å². The predicted molar refractivity (Wildman–Crippen MR) is 51.6 cm³/mol. The third-order valence-corrected chi connectivity index (χ3v) is 2.88. The number of aliphatic carboxylic acids is 1. The summed E-state index contributed by atoms with van der Waals surface area (Å²) >= 11 is 0. The molecule has 0 saturated carbocycles. The van der Waals surface area contributed by atoms with Crippen LogP contribution in [0.1, 0.15) is 26.7 Å². The van der Waals surface area contributed by atoms with Gasteiger partial charge in [-0.15, -0.1) is 0 Å². The molecule has 1 rings (SSSR count). The molecule has 1 saturated heterocycles. The second-order valence-corrected chi connectivity index (χ2v) is 4.46. The van der Waals surface area contributed by atoms with Crippen molar-refractivity contribution in [3.63, 3.8) is 0 Å². The van der Waals surface area contributed by atoms with Gasteiger partial charge in [0.15, 0.2) is 0 Å². The summed E-state index contributed by atoms with van der Waals surface area (Å²) in [4.78, 5) is 12.9. The van der Waals surface area contributed by atoms with Gasteiger partial charge in [-0.3, -0.25) is 9.69 Å². The summed E-state index contributed by atoms with van der Waals surface area (Å²) in [6.45, 7) is 4.83. The van der Waals surface area contributed by atoms with Crippen LogP contribution in [-0.4, -0.2) is 35.1 Å². The molecule has 4 nitrogen and oxygen atoms in total. The van der Waals surface area contributed by atoms with Crippen molar-refractivity contribution in [3.05, 3.63) is 0 Å². The first kappa shape index (κ1) is 11.0. The van der Waals surface area contributed by atoms with Crippen molar-refractivity contribution in [1.29, 1.82) is 5.26 Å². The molecule has 1 aliphatic rings. The van der Waals surface area contributed by atoms with E-state index in [4.69, 9.17) is 10.4 Å². The van der Waals surface area contributed by atoms with Gasteiger partial charge >= 0.3 is 5.97 Å². The fourth-order valence-electron chi connectivity index (χ4n) is 2.25. The van der Waals surface area contributed by atoms with Crippen LogP contribution in [0, 0.1) is 16.7 Å². The minimum absolute atomic E-state index is 0.209. The van der Waals surface area contributed by atoms with E-state index in [0.717, 1.165) is 12.8 Å². The molecule has 1 N–H and O–H groups in total. The Morgan fingerprint density at radius 3 is 2.86 bits per heavy atom. The van der Waals surface area contributed by atoms with E-state index in [1.807, 2.05) is 19.9 Å². The molecule has 1 aliphatic heterocycles. The SMILES string of the molecule is CC1(C)CCCN(CC#N)C1C(=O)O. The van der Waals surface area contributed by atoms with Gasteiger partial charge in [-0.25, -0.2) is 0 Å². The van der Waals surface area contributed by atoms with Gasteiger partial charge in [0.1, 0.15) is 6.04 Å². The predicted octanol–water partition coefficient (Wildman–Crippen LogP) is 1.09. The van der Waals surface area contributed by atoms with Gasteiger partial charge in [-0.1, -0.05) is 13.8 Å². The minimum atomic E-state index is -0.815. The van der Waals surface area contributed by atoms with Gasteiger partial charge in [-0.2, -0.15) is 5.26 Å². The molecular weight excluding hydrogens is 180 g/mol. The number of carboxylic acids is 1. The standard InChI is InChI=1S/C10H16N2O2/c1-10(2)4-3-6-12(7-5-11)8(10)9(13)14/h8H,3-4,6-7H2,1-2H3,(H,13,14). The maximum absolute atomic E-state index is 11.1. The number of nitrogens with zero attached hydrogens (tertiary/aromatic N) is 2. The fourth-order valence-corrected chi connectivity index (χ4v) is 2.25. The van der Waals surface area contributed by atoms with E-state index in [1.165, 1.54) is 0 Å². The molecule has 0 aromatic heterocycles. The van der Waals surface area contributed by atoms with Gasteiger partial charge in [0.05, 0.1) is 12.6 Å². The van der Waals surface area contributed by atoms with Crippen LogP contribution in [0.25, 0.3) is 0 Å². The van der Waals surface area contributed by atoms with Crippen molar-refractivity contribution in [1.82, 2.24) is 4.90 Å². The lowest BCUT2D eigenvalue weighted by Crippen LogP contribution is -2.54. The molecule has 4 heteroatoms. The van der Waals surface area contributed by atoms with Crippen LogP contribution in [0.15, 0.2) is 0 Å². The molecule has 0 aromatic rings. The number of rotatable bonds is 2. The number of likely N-dealkylation sites (tertiary alicyclic amines) is 1. The van der Waals surface area contributed by atoms with Crippen LogP contribution >= 0.6 is 0 Å². The second-order valence-electron chi connectivity index (χ2n) is 4.46. The highest BCUT2D eigenvalue weighted by Crippen LogP contribution is 2.34. The molecule has 0 radical (unpaired) electrons. The molecule has 0 aliphatic carbocycles. The zero-order valence-corrected chi connectivity index (χ0v) is 8.66. The highest BCUT2D eigenvalue weighted by molar-refractivity contribution is 5.74. The van der Waals surface area contributed by atoms with Gasteiger partial charge in [-0.05, 0) is 18.3 Å². The highest BCUT2D eigenvalue weighted by Gasteiger charge is 2.42. The number of hydrogen-bond acceptors (Lipinski definition) is 3. The summed E-state index contributed by atoms with van der Waals surface area (Å²) in [5.41, 5.74) is -0.235. The first-order valence-electron chi connectivity index (χ1n) is 4.83. The molecule has 0 aromatic carbocycles. The van der Waals surface area contributed by atoms with Crippen LogP contribution in [0.5, 0.6) is 0 Å². The lowest BCUT2D eigenvalue weighted by Gasteiger charge is -2.42. The Balaban J connectivity index is 2.85. The molecular formula is C10H16N2O2. The van der Waals surface area contributed by atoms with E-state index in [2.05, 4.69) is 0 Å². The van der Waals surface area contributed by atoms with Crippen molar-refractivity contribution in [2.45, 2.75) is 32.7 Å². The normalized spacial score (nSPS) is 26.8. The Hall–Kier alpha value is -1.08. The molecule has 14 heavy (non-hydrogen) atoms. The first-order valence-corrected chi connectivity index (χ1v) is 4.83. The van der Waals surface area contributed by atoms with Crippen molar-refractivity contribution < 1.29 is 9.90 Å². The number of carbonyl (C=O) groups is 1. The van der Waals surface area contributed by atoms with E-state index in [9.17, 15) is 4.79 Å². The Morgan fingerprint density at radius 2 is 2.36 bits per heavy atom. The van der Waals surface area contributed by atoms with Gasteiger partial charge in [0, 0.05) is 6.54 Å². The second kappa shape index (κ2) is 3.97. The van der Waals surface area contributed by atoms with Crippen LogP contribution in [0.3, 0.4) is 0 Å². The highest BCUT2D eigenvalue weighted by atomic mass is 16.4. The number of nitriles is 1. The van der Waals surface area contributed by atoms with E-state index >= 15 is 0 Å². The van der Waals surface area contributed by atoms with E-state index in [-0.39, 0.29) is 12.0 Å². The zero-order valence-electron chi connectivity index (χ0n) is 8.66. The Morgan fingerprint density at radius 1 is 1.71 bits per heavy atom. The summed E-state index contributed by atoms with van der Waals surface area (Å²) in [6, 6.07) is 1.50. The number of hydrogen-bond donors (Lipinski definition) is 1. The van der Waals surface area contributed by atoms with Crippen molar-refractivity contribution in [2.24, 2.45) is 5.41 Å². The summed E-state index contributed by atoms with van der Waals surface area (Å²) in [5.74, 6) is -0.815. The maximum atomic E-state index is 11.1. The minimum Gasteiger partial charge on any atom is -0.480 e. The van der Waals surface area contributed by atoms with Crippen LogP contribution in [-0.2, 0) is 4.79 Å². The Labute approximate surface area is 84.1 Å².